The monoisotopic (exact) mass is 687 g/mol. The Labute approximate surface area is 305 Å². The molecule has 0 saturated heterocycles. The second kappa shape index (κ2) is 15.3. The number of allylic oxidation sites excluding steroid dienone is 7. The molecule has 3 aromatic carbocycles. The summed E-state index contributed by atoms with van der Waals surface area (Å²) in [4.78, 5) is 5.19. The maximum atomic E-state index is 5.46. The van der Waals surface area contributed by atoms with E-state index in [4.69, 9.17) is 9.47 Å². The van der Waals surface area contributed by atoms with Gasteiger partial charge in [-0.3, -0.25) is 0 Å². The lowest BCUT2D eigenvalue weighted by molar-refractivity contribution is -0.438. The van der Waals surface area contributed by atoms with E-state index in [0.717, 1.165) is 52.0 Å². The minimum atomic E-state index is -0.0897. The number of hydrogen-bond acceptors (Lipinski definition) is 4. The predicted octanol–water partition coefficient (Wildman–Crippen LogP) is 10.8. The Morgan fingerprint density at radius 1 is 0.780 bits per heavy atom. The van der Waals surface area contributed by atoms with Crippen LogP contribution in [0.3, 0.4) is 0 Å². The Hall–Kier alpha value is -3.64. The predicted molar refractivity (Wildman–Crippen MR) is 212 cm³/mol. The van der Waals surface area contributed by atoms with Crippen LogP contribution in [0, 0.1) is 13.8 Å². The van der Waals surface area contributed by atoms with E-state index in [1.807, 2.05) is 11.8 Å². The molecule has 0 fully saturated rings. The fourth-order valence-electron chi connectivity index (χ4n) is 7.91. The summed E-state index contributed by atoms with van der Waals surface area (Å²) < 4.78 is 13.5. The van der Waals surface area contributed by atoms with Crippen LogP contribution in [0.4, 0.5) is 11.4 Å². The topological polar surface area (TPSA) is 24.7 Å². The van der Waals surface area contributed by atoms with E-state index in [1.54, 1.807) is 14.2 Å². The highest BCUT2D eigenvalue weighted by Crippen LogP contribution is 2.49. The van der Waals surface area contributed by atoms with Crippen molar-refractivity contribution in [3.05, 3.63) is 135 Å². The molecule has 0 bridgehead atoms. The van der Waals surface area contributed by atoms with Crippen LogP contribution >= 0.6 is 11.8 Å². The molecule has 1 aliphatic carbocycles. The zero-order chi connectivity index (χ0) is 35.5. The summed E-state index contributed by atoms with van der Waals surface area (Å²) >= 11 is 1.91. The first kappa shape index (κ1) is 36.2. The lowest BCUT2D eigenvalue weighted by Gasteiger charge is -2.27. The molecule has 50 heavy (non-hydrogen) atoms. The first-order valence-electron chi connectivity index (χ1n) is 18.2. The number of thioether (sulfide) groups is 1. The lowest BCUT2D eigenvalue weighted by Crippen LogP contribution is -2.28. The lowest BCUT2D eigenvalue weighted by atomic mass is 9.81. The first-order chi connectivity index (χ1) is 24.1. The van der Waals surface area contributed by atoms with E-state index in [2.05, 4.69) is 142 Å². The van der Waals surface area contributed by atoms with E-state index < -0.39 is 0 Å². The number of rotatable bonds is 13. The summed E-state index contributed by atoms with van der Waals surface area (Å²) in [5.41, 5.74) is 13.5. The van der Waals surface area contributed by atoms with Gasteiger partial charge in [0.25, 0.3) is 0 Å². The third kappa shape index (κ3) is 7.24. The van der Waals surface area contributed by atoms with E-state index >= 15 is 0 Å². The number of anilines is 1. The maximum Gasteiger partial charge on any atom is 0.209 e. The van der Waals surface area contributed by atoms with Crippen molar-refractivity contribution < 1.29 is 14.0 Å². The maximum absolute atomic E-state index is 5.46. The molecular formula is C45H55N2O2S+. The molecule has 0 atom stereocenters. The normalized spacial score (nSPS) is 19.5. The van der Waals surface area contributed by atoms with Gasteiger partial charge in [0.1, 0.15) is 0 Å². The molecule has 0 N–H and O–H groups in total. The summed E-state index contributed by atoms with van der Waals surface area (Å²) in [6.45, 7) is 17.3. The molecule has 0 radical (unpaired) electrons. The van der Waals surface area contributed by atoms with Gasteiger partial charge in [-0.2, -0.15) is 4.58 Å². The Morgan fingerprint density at radius 2 is 1.48 bits per heavy atom. The highest BCUT2D eigenvalue weighted by molar-refractivity contribution is 8.03. The Kier molecular flexibility index (Phi) is 11.1. The molecular weight excluding hydrogens is 633 g/mol. The molecule has 0 amide bonds. The third-order valence-electron chi connectivity index (χ3n) is 10.6. The average molecular weight is 688 g/mol. The SMILES string of the molecule is COCCCN1/C(=C/C=C2\CCC(/C=C/C3=[N+](CCCOC)c4ccc(C)cc4C3(C)C)=C2Sc2ccccc2)C(C)(C)c2cc(C)ccc21. The fraction of sp³-hybridized carbons (Fsp3) is 0.400. The van der Waals surface area contributed by atoms with Crippen LogP contribution < -0.4 is 4.90 Å². The van der Waals surface area contributed by atoms with E-state index in [1.165, 1.54) is 66.0 Å². The summed E-state index contributed by atoms with van der Waals surface area (Å²) in [7, 11) is 3.59. The van der Waals surface area contributed by atoms with Gasteiger partial charge < -0.3 is 14.4 Å². The minimum absolute atomic E-state index is 0.0897. The molecule has 0 aromatic heterocycles. The van der Waals surface area contributed by atoms with Crippen molar-refractivity contribution in [2.75, 3.05) is 45.4 Å². The molecule has 0 saturated carbocycles. The molecule has 5 heteroatoms. The van der Waals surface area contributed by atoms with Crippen molar-refractivity contribution in [2.24, 2.45) is 0 Å². The van der Waals surface area contributed by atoms with Gasteiger partial charge in [0.05, 0.1) is 12.0 Å². The largest absolute Gasteiger partial charge is 0.385 e. The summed E-state index contributed by atoms with van der Waals surface area (Å²) in [5.74, 6) is 0. The highest BCUT2D eigenvalue weighted by Gasteiger charge is 2.44. The fourth-order valence-corrected chi connectivity index (χ4v) is 9.04. The van der Waals surface area contributed by atoms with Gasteiger partial charge >= 0.3 is 0 Å². The van der Waals surface area contributed by atoms with Gasteiger partial charge in [-0.15, -0.1) is 0 Å². The van der Waals surface area contributed by atoms with Crippen molar-refractivity contribution >= 4 is 28.8 Å². The van der Waals surface area contributed by atoms with Crippen LogP contribution in [-0.4, -0.2) is 50.8 Å². The molecule has 4 nitrogen and oxygen atoms in total. The summed E-state index contributed by atoms with van der Waals surface area (Å²) in [5, 5.41) is 0. The van der Waals surface area contributed by atoms with Crippen LogP contribution in [0.15, 0.2) is 118 Å². The van der Waals surface area contributed by atoms with Gasteiger partial charge in [0.2, 0.25) is 5.69 Å². The molecule has 0 spiro atoms. The molecule has 0 unspecified atom stereocenters. The number of fused-ring (bicyclic) bond motifs is 2. The van der Waals surface area contributed by atoms with Crippen molar-refractivity contribution in [1.29, 1.82) is 0 Å². The number of benzene rings is 3. The summed E-state index contributed by atoms with van der Waals surface area (Å²) in [6.07, 6.45) is 13.7. The first-order valence-corrected chi connectivity index (χ1v) is 19.1. The molecule has 3 aliphatic rings. The zero-order valence-electron chi connectivity index (χ0n) is 31.4. The van der Waals surface area contributed by atoms with Crippen molar-refractivity contribution in [1.82, 2.24) is 0 Å². The minimum Gasteiger partial charge on any atom is -0.385 e. The summed E-state index contributed by atoms with van der Waals surface area (Å²) in [6, 6.07) is 24.7. The smallest absolute Gasteiger partial charge is 0.209 e. The van der Waals surface area contributed by atoms with Gasteiger partial charge in [0.15, 0.2) is 12.3 Å². The quantitative estimate of drug-likeness (QED) is 0.132. The Bertz CT molecular complexity index is 1880. The van der Waals surface area contributed by atoms with Crippen LogP contribution in [0.5, 0.6) is 0 Å². The second-order valence-electron chi connectivity index (χ2n) is 15.0. The molecule has 262 valence electrons. The van der Waals surface area contributed by atoms with Gasteiger partial charge in [-0.25, -0.2) is 0 Å². The third-order valence-corrected chi connectivity index (χ3v) is 11.9. The highest BCUT2D eigenvalue weighted by atomic mass is 32.2. The van der Waals surface area contributed by atoms with Crippen LogP contribution in [0.1, 0.15) is 75.6 Å². The van der Waals surface area contributed by atoms with E-state index in [9.17, 15) is 0 Å². The molecule has 2 aliphatic heterocycles. The number of nitrogens with zero attached hydrogens (tertiary/aromatic N) is 2. The molecule has 6 rings (SSSR count). The van der Waals surface area contributed by atoms with Crippen LogP contribution in [0.2, 0.25) is 0 Å². The zero-order valence-corrected chi connectivity index (χ0v) is 32.3. The van der Waals surface area contributed by atoms with Crippen molar-refractivity contribution in [3.8, 4) is 0 Å². The van der Waals surface area contributed by atoms with Crippen LogP contribution in [-0.2, 0) is 20.3 Å². The number of hydrogen-bond donors (Lipinski definition) is 0. The van der Waals surface area contributed by atoms with E-state index in [-0.39, 0.29) is 10.8 Å². The Balaban J connectivity index is 1.41. The number of ether oxygens (including phenoxy) is 2. The molecule has 3 aromatic rings. The van der Waals surface area contributed by atoms with Gasteiger partial charge in [0, 0.05) is 78.1 Å². The number of methoxy groups -OCH3 is 2. The van der Waals surface area contributed by atoms with Crippen LogP contribution in [0.25, 0.3) is 0 Å². The van der Waals surface area contributed by atoms with Gasteiger partial charge in [-0.1, -0.05) is 85.3 Å². The van der Waals surface area contributed by atoms with Gasteiger partial charge in [-0.05, 0) is 94.0 Å². The van der Waals surface area contributed by atoms with Crippen molar-refractivity contribution in [2.45, 2.75) is 83.0 Å². The number of aryl methyl sites for hydroxylation is 2. The average Bonchev–Trinajstić information content (AvgIpc) is 3.64. The van der Waals surface area contributed by atoms with Crippen molar-refractivity contribution in [3.63, 3.8) is 0 Å². The standard InChI is InChI=1S/C45H55N2O2S/c1-32-16-22-39-37(30-32)44(3,4)41(46(39)26-12-28-48-7)24-20-34-18-19-35(43(34)50-36-14-10-9-11-15-36)21-25-42-45(5,6)38-31-33(2)17-23-40(38)47(42)27-13-29-49-8/h9-11,14-17,20-25,30-31H,12-13,18-19,26-29H2,1-8H3/q+1. The molecule has 2 heterocycles. The van der Waals surface area contributed by atoms with E-state index in [0.29, 0.717) is 0 Å². The Morgan fingerprint density at radius 3 is 2.22 bits per heavy atom. The second-order valence-corrected chi connectivity index (χ2v) is 16.1.